The first kappa shape index (κ1) is 18.1. The molecule has 0 N–H and O–H groups in total. The van der Waals surface area contributed by atoms with Crippen molar-refractivity contribution in [1.29, 1.82) is 0 Å². The van der Waals surface area contributed by atoms with Gasteiger partial charge in [-0.25, -0.2) is 4.98 Å². The fraction of sp³-hybridized carbons (Fsp3) is 0.263. The van der Waals surface area contributed by atoms with Crippen LogP contribution in [0.1, 0.15) is 11.1 Å². The van der Waals surface area contributed by atoms with Crippen LogP contribution < -0.4 is 14.2 Å². The molecule has 0 unspecified atom stereocenters. The Kier molecular flexibility index (Phi) is 4.58. The molecule has 28 heavy (non-hydrogen) atoms. The fourth-order valence-electron chi connectivity index (χ4n) is 2.84. The lowest BCUT2D eigenvalue weighted by Crippen LogP contribution is -2.55. The fourth-order valence-corrected chi connectivity index (χ4v) is 2.84. The number of aromatic nitrogens is 1. The molecule has 1 aromatic heterocycles. The number of carbonyl (C=O) groups is 1. The average Bonchev–Trinajstić information content (AvgIpc) is 3.09. The highest BCUT2D eigenvalue weighted by Crippen LogP contribution is 2.35. The summed E-state index contributed by atoms with van der Waals surface area (Å²) >= 11 is 0. The van der Waals surface area contributed by atoms with Gasteiger partial charge in [-0.2, -0.15) is 13.2 Å². The molecule has 1 fully saturated rings. The number of amides is 1. The van der Waals surface area contributed by atoms with Crippen LogP contribution in [0, 0.1) is 0 Å². The second-order valence-corrected chi connectivity index (χ2v) is 6.28. The van der Waals surface area contributed by atoms with Crippen LogP contribution in [0.15, 0.2) is 42.6 Å². The van der Waals surface area contributed by atoms with Crippen molar-refractivity contribution in [2.75, 3.05) is 19.9 Å². The maximum atomic E-state index is 13.0. The van der Waals surface area contributed by atoms with E-state index < -0.39 is 23.7 Å². The highest BCUT2D eigenvalue weighted by atomic mass is 19.4. The second kappa shape index (κ2) is 7.06. The molecule has 9 heteroatoms. The molecule has 2 aliphatic rings. The van der Waals surface area contributed by atoms with Crippen LogP contribution in [-0.2, 0) is 11.0 Å². The van der Waals surface area contributed by atoms with Crippen LogP contribution in [0.4, 0.5) is 13.2 Å². The van der Waals surface area contributed by atoms with Gasteiger partial charge in [-0.3, -0.25) is 4.79 Å². The molecule has 1 saturated heterocycles. The predicted molar refractivity (Wildman–Crippen MR) is 91.8 cm³/mol. The Morgan fingerprint density at radius 1 is 1.21 bits per heavy atom. The van der Waals surface area contributed by atoms with Crippen molar-refractivity contribution in [1.82, 2.24) is 9.88 Å². The molecule has 0 saturated carbocycles. The Balaban J connectivity index is 1.32. The summed E-state index contributed by atoms with van der Waals surface area (Å²) in [4.78, 5) is 17.3. The number of rotatable bonds is 4. The molecule has 2 aromatic rings. The Labute approximate surface area is 158 Å². The zero-order valence-corrected chi connectivity index (χ0v) is 14.5. The molecule has 0 aliphatic carbocycles. The second-order valence-electron chi connectivity index (χ2n) is 6.28. The number of pyridine rings is 1. The van der Waals surface area contributed by atoms with Crippen molar-refractivity contribution >= 4 is 12.0 Å². The number of fused-ring (bicyclic) bond motifs is 1. The van der Waals surface area contributed by atoms with Gasteiger partial charge in [0, 0.05) is 12.3 Å². The van der Waals surface area contributed by atoms with Crippen molar-refractivity contribution < 1.29 is 32.2 Å². The largest absolute Gasteiger partial charge is 0.470 e. The Bertz CT molecular complexity index is 924. The summed E-state index contributed by atoms with van der Waals surface area (Å²) in [5, 5.41) is 0. The number of alkyl halides is 3. The molecule has 0 spiro atoms. The van der Waals surface area contributed by atoms with E-state index in [2.05, 4.69) is 4.98 Å². The third-order valence-electron chi connectivity index (χ3n) is 4.33. The number of carbonyl (C=O) groups excluding carboxylic acids is 1. The molecule has 0 bridgehead atoms. The van der Waals surface area contributed by atoms with Crippen LogP contribution in [-0.4, -0.2) is 41.8 Å². The standard InChI is InChI=1S/C19H15F3N2O4/c20-19(21,22)14-2-1-7-23-18(14)28-13-9-24(10-13)17(25)6-4-12-3-5-15-16(8-12)27-11-26-15/h1-8,13H,9-11H2/b6-4+. The van der Waals surface area contributed by atoms with Gasteiger partial charge in [-0.15, -0.1) is 0 Å². The Hall–Kier alpha value is -3.23. The van der Waals surface area contributed by atoms with E-state index in [0.717, 1.165) is 11.6 Å². The SMILES string of the molecule is O=C(/C=C/c1ccc2c(c1)OCO2)N1CC(Oc2ncccc2C(F)(F)F)C1. The molecule has 4 rings (SSSR count). The third-order valence-corrected chi connectivity index (χ3v) is 4.33. The first-order valence-electron chi connectivity index (χ1n) is 8.45. The smallest absolute Gasteiger partial charge is 0.421 e. The van der Waals surface area contributed by atoms with Gasteiger partial charge in [-0.05, 0) is 35.9 Å². The van der Waals surface area contributed by atoms with Gasteiger partial charge in [0.15, 0.2) is 11.5 Å². The number of likely N-dealkylation sites (tertiary alicyclic amines) is 1. The van der Waals surface area contributed by atoms with Gasteiger partial charge in [0.25, 0.3) is 0 Å². The molecule has 0 atom stereocenters. The molecular formula is C19H15F3N2O4. The third kappa shape index (κ3) is 3.73. The summed E-state index contributed by atoms with van der Waals surface area (Å²) in [6, 6.07) is 7.42. The van der Waals surface area contributed by atoms with E-state index in [-0.39, 0.29) is 25.8 Å². The number of ether oxygens (including phenoxy) is 3. The molecule has 6 nitrogen and oxygen atoms in total. The lowest BCUT2D eigenvalue weighted by Gasteiger charge is -2.38. The highest BCUT2D eigenvalue weighted by molar-refractivity contribution is 5.92. The van der Waals surface area contributed by atoms with Gasteiger partial charge in [0.1, 0.15) is 11.7 Å². The minimum atomic E-state index is -4.55. The van der Waals surface area contributed by atoms with Crippen molar-refractivity contribution in [2.24, 2.45) is 0 Å². The molecule has 1 amide bonds. The number of hydrogen-bond acceptors (Lipinski definition) is 5. The zero-order valence-electron chi connectivity index (χ0n) is 14.5. The average molecular weight is 392 g/mol. The molecule has 3 heterocycles. The summed E-state index contributed by atoms with van der Waals surface area (Å²) in [7, 11) is 0. The van der Waals surface area contributed by atoms with Crippen LogP contribution in [0.2, 0.25) is 0 Å². The molecular weight excluding hydrogens is 377 g/mol. The normalized spacial score (nSPS) is 16.3. The summed E-state index contributed by atoms with van der Waals surface area (Å²) in [6.45, 7) is 0.555. The summed E-state index contributed by atoms with van der Waals surface area (Å²) in [5.41, 5.74) is -0.156. The lowest BCUT2D eigenvalue weighted by atomic mass is 10.1. The van der Waals surface area contributed by atoms with E-state index in [1.165, 1.54) is 23.2 Å². The van der Waals surface area contributed by atoms with Crippen molar-refractivity contribution in [3.05, 3.63) is 53.7 Å². The van der Waals surface area contributed by atoms with E-state index in [1.54, 1.807) is 24.3 Å². The van der Waals surface area contributed by atoms with Crippen LogP contribution >= 0.6 is 0 Å². The minimum Gasteiger partial charge on any atom is -0.470 e. The zero-order chi connectivity index (χ0) is 19.7. The van der Waals surface area contributed by atoms with Gasteiger partial charge < -0.3 is 19.1 Å². The van der Waals surface area contributed by atoms with Crippen LogP contribution in [0.5, 0.6) is 17.4 Å². The molecule has 146 valence electrons. The van der Waals surface area contributed by atoms with Crippen LogP contribution in [0.25, 0.3) is 6.08 Å². The highest BCUT2D eigenvalue weighted by Gasteiger charge is 2.38. The van der Waals surface area contributed by atoms with Gasteiger partial charge in [0.05, 0.1) is 13.1 Å². The van der Waals surface area contributed by atoms with E-state index >= 15 is 0 Å². The first-order chi connectivity index (χ1) is 13.4. The van der Waals surface area contributed by atoms with Crippen molar-refractivity contribution in [2.45, 2.75) is 12.3 Å². The molecule has 0 radical (unpaired) electrons. The number of halogens is 3. The van der Waals surface area contributed by atoms with E-state index in [1.807, 2.05) is 0 Å². The summed E-state index contributed by atoms with van der Waals surface area (Å²) in [5.74, 6) is 0.541. The maximum Gasteiger partial charge on any atom is 0.421 e. The topological polar surface area (TPSA) is 60.9 Å². The van der Waals surface area contributed by atoms with E-state index in [4.69, 9.17) is 14.2 Å². The monoisotopic (exact) mass is 392 g/mol. The molecule has 1 aromatic carbocycles. The number of nitrogens with zero attached hydrogens (tertiary/aromatic N) is 2. The van der Waals surface area contributed by atoms with Gasteiger partial charge >= 0.3 is 6.18 Å². The van der Waals surface area contributed by atoms with Crippen molar-refractivity contribution in [3.63, 3.8) is 0 Å². The maximum absolute atomic E-state index is 13.0. The quantitative estimate of drug-likeness (QED) is 0.749. The summed E-state index contributed by atoms with van der Waals surface area (Å²) in [6.07, 6.45) is -0.802. The number of benzene rings is 1. The van der Waals surface area contributed by atoms with Crippen molar-refractivity contribution in [3.8, 4) is 17.4 Å². The Morgan fingerprint density at radius 2 is 2.00 bits per heavy atom. The molecule has 2 aliphatic heterocycles. The van der Waals surface area contributed by atoms with Crippen LogP contribution in [0.3, 0.4) is 0 Å². The lowest BCUT2D eigenvalue weighted by molar-refractivity contribution is -0.143. The van der Waals surface area contributed by atoms with Gasteiger partial charge in [-0.1, -0.05) is 6.07 Å². The summed E-state index contributed by atoms with van der Waals surface area (Å²) < 4.78 is 54.7. The Morgan fingerprint density at radius 3 is 2.79 bits per heavy atom. The minimum absolute atomic E-state index is 0.170. The van der Waals surface area contributed by atoms with E-state index in [9.17, 15) is 18.0 Å². The first-order valence-corrected chi connectivity index (χ1v) is 8.45. The number of hydrogen-bond donors (Lipinski definition) is 0. The van der Waals surface area contributed by atoms with E-state index in [0.29, 0.717) is 11.5 Å². The van der Waals surface area contributed by atoms with Gasteiger partial charge in [0.2, 0.25) is 18.6 Å². The predicted octanol–water partition coefficient (Wildman–Crippen LogP) is 3.13.